The highest BCUT2D eigenvalue weighted by atomic mass is 35.5. The van der Waals surface area contributed by atoms with E-state index >= 15 is 0 Å². The van der Waals surface area contributed by atoms with E-state index in [4.69, 9.17) is 34.8 Å². The van der Waals surface area contributed by atoms with E-state index in [2.05, 4.69) is 5.32 Å². The molecule has 0 spiro atoms. The lowest BCUT2D eigenvalue weighted by molar-refractivity contribution is -0.140. The molecule has 0 radical (unpaired) electrons. The molecule has 0 aliphatic heterocycles. The third-order valence-corrected chi connectivity index (χ3v) is 5.20. The van der Waals surface area contributed by atoms with E-state index in [-0.39, 0.29) is 18.4 Å². The number of hydrogen-bond donors (Lipinski definition) is 1. The van der Waals surface area contributed by atoms with Gasteiger partial charge in [-0.2, -0.15) is 0 Å². The van der Waals surface area contributed by atoms with Crippen molar-refractivity contribution in [2.45, 2.75) is 45.8 Å². The molecule has 0 fully saturated rings. The normalized spacial score (nSPS) is 11.8. The van der Waals surface area contributed by atoms with Gasteiger partial charge in [-0.25, -0.2) is 0 Å². The maximum atomic E-state index is 12.7. The van der Waals surface area contributed by atoms with Crippen molar-refractivity contribution in [2.24, 2.45) is 0 Å². The second kappa shape index (κ2) is 10.7. The van der Waals surface area contributed by atoms with E-state index in [9.17, 15) is 9.59 Å². The van der Waals surface area contributed by atoms with E-state index in [0.29, 0.717) is 34.5 Å². The molecule has 2 amide bonds. The molecule has 2 aromatic rings. The van der Waals surface area contributed by atoms with Crippen molar-refractivity contribution in [3.8, 4) is 0 Å². The quantitative estimate of drug-likeness (QED) is 0.589. The summed E-state index contributed by atoms with van der Waals surface area (Å²) in [5.74, 6) is -0.311. The van der Waals surface area contributed by atoms with E-state index in [1.165, 1.54) is 0 Å². The Morgan fingerprint density at radius 2 is 1.68 bits per heavy atom. The van der Waals surface area contributed by atoms with Crippen molar-refractivity contribution in [3.63, 3.8) is 0 Å². The molecule has 0 aliphatic rings. The Kier molecular flexibility index (Phi) is 8.61. The molecule has 1 atom stereocenters. The van der Waals surface area contributed by atoms with Crippen LogP contribution in [0, 0.1) is 0 Å². The Balaban J connectivity index is 2.08. The summed E-state index contributed by atoms with van der Waals surface area (Å²) in [6.45, 7) is 4.26. The molecule has 0 saturated heterocycles. The number of carbonyl (C=O) groups excluding carboxylic acids is 2. The molecule has 2 aromatic carbocycles. The van der Waals surface area contributed by atoms with Crippen molar-refractivity contribution in [2.75, 3.05) is 0 Å². The second-order valence-corrected chi connectivity index (χ2v) is 7.81. The van der Waals surface area contributed by atoms with Crippen LogP contribution in [-0.4, -0.2) is 22.8 Å². The third-order valence-electron chi connectivity index (χ3n) is 4.37. The summed E-state index contributed by atoms with van der Waals surface area (Å²) in [4.78, 5) is 26.9. The van der Waals surface area contributed by atoms with Gasteiger partial charge < -0.3 is 10.2 Å². The summed E-state index contributed by atoms with van der Waals surface area (Å²) in [5, 5.41) is 4.50. The number of amides is 2. The minimum absolute atomic E-state index is 0.0652. The van der Waals surface area contributed by atoms with Crippen LogP contribution >= 0.6 is 34.8 Å². The molecule has 0 bridgehead atoms. The molecule has 150 valence electrons. The van der Waals surface area contributed by atoms with Gasteiger partial charge >= 0.3 is 0 Å². The summed E-state index contributed by atoms with van der Waals surface area (Å²) < 4.78 is 0. The van der Waals surface area contributed by atoms with E-state index in [1.54, 1.807) is 42.2 Å². The Bertz CT molecular complexity index is 825. The van der Waals surface area contributed by atoms with Crippen molar-refractivity contribution in [1.82, 2.24) is 10.2 Å². The maximum Gasteiger partial charge on any atom is 0.242 e. The van der Waals surface area contributed by atoms with Crippen LogP contribution in [0.15, 0.2) is 42.5 Å². The van der Waals surface area contributed by atoms with Crippen molar-refractivity contribution < 1.29 is 9.59 Å². The monoisotopic (exact) mass is 440 g/mol. The molecular formula is C21H23Cl3N2O2. The van der Waals surface area contributed by atoms with Gasteiger partial charge in [0.1, 0.15) is 6.04 Å². The fraction of sp³-hybridized carbons (Fsp3) is 0.333. The van der Waals surface area contributed by atoms with Crippen LogP contribution in [0.3, 0.4) is 0 Å². The fourth-order valence-electron chi connectivity index (χ4n) is 2.72. The zero-order valence-electron chi connectivity index (χ0n) is 15.8. The van der Waals surface area contributed by atoms with Crippen LogP contribution < -0.4 is 5.32 Å². The number of nitrogens with one attached hydrogen (secondary N) is 1. The standard InChI is InChI=1S/C21H23Cl3N2O2/c1-3-4-20(27)26(13-15-5-8-17(22)9-6-15)14(2)21(28)25-12-16-7-10-18(23)11-19(16)24/h5-11,14H,3-4,12-13H2,1-2H3,(H,25,28)/t14-/m1/s1. The largest absolute Gasteiger partial charge is 0.350 e. The van der Waals surface area contributed by atoms with Gasteiger partial charge in [-0.05, 0) is 48.7 Å². The minimum Gasteiger partial charge on any atom is -0.350 e. The van der Waals surface area contributed by atoms with Crippen LogP contribution in [0.25, 0.3) is 0 Å². The van der Waals surface area contributed by atoms with Crippen molar-refractivity contribution in [1.29, 1.82) is 0 Å². The average molecular weight is 442 g/mol. The Morgan fingerprint density at radius 1 is 1.04 bits per heavy atom. The Labute approximate surface area is 180 Å². The van der Waals surface area contributed by atoms with Gasteiger partial charge in [-0.1, -0.05) is 59.9 Å². The zero-order valence-corrected chi connectivity index (χ0v) is 18.1. The predicted molar refractivity (Wildman–Crippen MR) is 115 cm³/mol. The molecule has 0 heterocycles. The molecule has 7 heteroatoms. The van der Waals surface area contributed by atoms with Gasteiger partial charge in [0.25, 0.3) is 0 Å². The molecule has 0 aliphatic carbocycles. The molecule has 0 unspecified atom stereocenters. The third kappa shape index (κ3) is 6.40. The lowest BCUT2D eigenvalue weighted by atomic mass is 10.1. The highest BCUT2D eigenvalue weighted by Crippen LogP contribution is 2.21. The summed E-state index contributed by atoms with van der Waals surface area (Å²) in [7, 11) is 0. The Morgan fingerprint density at radius 3 is 2.29 bits per heavy atom. The van der Waals surface area contributed by atoms with E-state index < -0.39 is 6.04 Å². The topological polar surface area (TPSA) is 49.4 Å². The number of carbonyl (C=O) groups is 2. The smallest absolute Gasteiger partial charge is 0.242 e. The van der Waals surface area contributed by atoms with Gasteiger partial charge in [-0.15, -0.1) is 0 Å². The summed E-state index contributed by atoms with van der Waals surface area (Å²) in [6, 6.07) is 11.7. The lowest BCUT2D eigenvalue weighted by Crippen LogP contribution is -2.47. The number of hydrogen-bond acceptors (Lipinski definition) is 2. The summed E-state index contributed by atoms with van der Waals surface area (Å²) in [5.41, 5.74) is 1.67. The lowest BCUT2D eigenvalue weighted by Gasteiger charge is -2.29. The average Bonchev–Trinajstić information content (AvgIpc) is 2.66. The van der Waals surface area contributed by atoms with Crippen molar-refractivity contribution >= 4 is 46.6 Å². The number of nitrogens with zero attached hydrogens (tertiary/aromatic N) is 1. The zero-order chi connectivity index (χ0) is 20.7. The first-order valence-electron chi connectivity index (χ1n) is 9.07. The molecule has 2 rings (SSSR count). The fourth-order valence-corrected chi connectivity index (χ4v) is 3.32. The molecule has 0 saturated carbocycles. The summed E-state index contributed by atoms with van der Waals surface area (Å²) >= 11 is 18.0. The minimum atomic E-state index is -0.624. The van der Waals surface area contributed by atoms with Gasteiger partial charge in [0.15, 0.2) is 0 Å². The Hall–Kier alpha value is -1.75. The molecular weight excluding hydrogens is 419 g/mol. The van der Waals surface area contributed by atoms with E-state index in [0.717, 1.165) is 11.1 Å². The highest BCUT2D eigenvalue weighted by Gasteiger charge is 2.25. The number of benzene rings is 2. The first kappa shape index (κ1) is 22.5. The molecule has 1 N–H and O–H groups in total. The molecule has 4 nitrogen and oxygen atoms in total. The summed E-state index contributed by atoms with van der Waals surface area (Å²) in [6.07, 6.45) is 1.10. The van der Waals surface area contributed by atoms with Gasteiger partial charge in [0, 0.05) is 34.6 Å². The van der Waals surface area contributed by atoms with Gasteiger partial charge in [0.2, 0.25) is 11.8 Å². The molecule has 28 heavy (non-hydrogen) atoms. The first-order chi connectivity index (χ1) is 13.3. The van der Waals surface area contributed by atoms with Crippen LogP contribution in [0.1, 0.15) is 37.8 Å². The maximum absolute atomic E-state index is 12.7. The predicted octanol–water partition coefficient (Wildman–Crippen LogP) is 5.48. The number of rotatable bonds is 8. The second-order valence-electron chi connectivity index (χ2n) is 6.53. The molecule has 0 aromatic heterocycles. The number of halogens is 3. The SMILES string of the molecule is CCCC(=O)N(Cc1ccc(Cl)cc1)[C@H](C)C(=O)NCc1ccc(Cl)cc1Cl. The first-order valence-corrected chi connectivity index (χ1v) is 10.2. The van der Waals surface area contributed by atoms with E-state index in [1.807, 2.05) is 19.1 Å². The van der Waals surface area contributed by atoms with Crippen LogP contribution in [0.5, 0.6) is 0 Å². The van der Waals surface area contributed by atoms with Crippen LogP contribution in [0.4, 0.5) is 0 Å². The van der Waals surface area contributed by atoms with Gasteiger partial charge in [0.05, 0.1) is 0 Å². The van der Waals surface area contributed by atoms with Gasteiger partial charge in [-0.3, -0.25) is 9.59 Å². The van der Waals surface area contributed by atoms with Crippen LogP contribution in [-0.2, 0) is 22.7 Å². The van der Waals surface area contributed by atoms with Crippen LogP contribution in [0.2, 0.25) is 15.1 Å². The highest BCUT2D eigenvalue weighted by molar-refractivity contribution is 6.35. The van der Waals surface area contributed by atoms with Crippen molar-refractivity contribution in [3.05, 3.63) is 68.7 Å².